The van der Waals surface area contributed by atoms with Crippen molar-refractivity contribution in [2.75, 3.05) is 12.4 Å². The van der Waals surface area contributed by atoms with Crippen molar-refractivity contribution in [2.24, 2.45) is 0 Å². The Labute approximate surface area is 139 Å². The Balaban J connectivity index is 2.41. The predicted octanol–water partition coefficient (Wildman–Crippen LogP) is 5.51. The van der Waals surface area contributed by atoms with Crippen molar-refractivity contribution in [3.05, 3.63) is 71.8 Å². The molecule has 0 aliphatic carbocycles. The van der Waals surface area contributed by atoms with Gasteiger partial charge in [0.25, 0.3) is 0 Å². The molecule has 2 aromatic rings. The van der Waals surface area contributed by atoms with Gasteiger partial charge in [0.1, 0.15) is 0 Å². The summed E-state index contributed by atoms with van der Waals surface area (Å²) in [6.07, 6.45) is 2.38. The molecule has 1 nitrogen and oxygen atoms in total. The first-order valence-corrected chi connectivity index (χ1v) is 8.73. The minimum absolute atomic E-state index is 0.266. The molecule has 118 valence electrons. The molecule has 0 aliphatic heterocycles. The number of rotatable bonds is 8. The largest absolute Gasteiger partial charge is 0.288 e. The molecule has 2 rings (SSSR count). The van der Waals surface area contributed by atoms with Crippen molar-refractivity contribution in [3.8, 4) is 0 Å². The fourth-order valence-corrected chi connectivity index (χ4v) is 3.33. The molecule has 1 atom stereocenters. The Morgan fingerprint density at radius 3 is 1.82 bits per heavy atom. The molecule has 0 amide bonds. The summed E-state index contributed by atoms with van der Waals surface area (Å²) in [5, 5.41) is 0. The minimum Gasteiger partial charge on any atom is -0.288 e. The van der Waals surface area contributed by atoms with Gasteiger partial charge < -0.3 is 0 Å². The van der Waals surface area contributed by atoms with Crippen LogP contribution in [0.2, 0.25) is 0 Å². The molecule has 0 aliphatic rings. The number of halogens is 1. The normalized spacial score (nSPS) is 12.8. The van der Waals surface area contributed by atoms with E-state index < -0.39 is 0 Å². The third kappa shape index (κ3) is 4.34. The van der Waals surface area contributed by atoms with Crippen LogP contribution in [0.5, 0.6) is 0 Å². The Morgan fingerprint density at radius 2 is 1.41 bits per heavy atom. The van der Waals surface area contributed by atoms with Crippen molar-refractivity contribution in [2.45, 2.75) is 38.8 Å². The maximum Gasteiger partial charge on any atom is 0.0604 e. The van der Waals surface area contributed by atoms with Gasteiger partial charge in [-0.2, -0.15) is 0 Å². The van der Waals surface area contributed by atoms with Crippen LogP contribution in [0.25, 0.3) is 0 Å². The molecule has 0 bridgehead atoms. The summed E-state index contributed by atoms with van der Waals surface area (Å²) in [6.45, 7) is 5.46. The molecule has 0 radical (unpaired) electrons. The summed E-state index contributed by atoms with van der Waals surface area (Å²) in [7, 11) is 0. The first kappa shape index (κ1) is 17.1. The van der Waals surface area contributed by atoms with Crippen molar-refractivity contribution >= 4 is 11.6 Å². The van der Waals surface area contributed by atoms with E-state index in [4.69, 9.17) is 11.6 Å². The molecule has 2 aromatic carbocycles. The van der Waals surface area contributed by atoms with Crippen LogP contribution in [0.4, 0.5) is 0 Å². The molecular weight excluding hydrogens is 290 g/mol. The Kier molecular flexibility index (Phi) is 6.95. The Morgan fingerprint density at radius 1 is 0.909 bits per heavy atom. The zero-order valence-corrected chi connectivity index (χ0v) is 14.3. The van der Waals surface area contributed by atoms with E-state index >= 15 is 0 Å². The van der Waals surface area contributed by atoms with Crippen LogP contribution in [0.15, 0.2) is 60.7 Å². The monoisotopic (exact) mass is 315 g/mol. The number of hydrogen-bond donors (Lipinski definition) is 0. The molecule has 0 saturated heterocycles. The van der Waals surface area contributed by atoms with Crippen LogP contribution >= 0.6 is 11.6 Å². The fourth-order valence-electron chi connectivity index (χ4n) is 3.13. The van der Waals surface area contributed by atoms with Gasteiger partial charge in [-0.1, -0.05) is 74.0 Å². The lowest BCUT2D eigenvalue weighted by atomic mass is 9.95. The summed E-state index contributed by atoms with van der Waals surface area (Å²) >= 11 is 6.12. The maximum absolute atomic E-state index is 6.12. The number of alkyl halides is 1. The maximum atomic E-state index is 6.12. The zero-order chi connectivity index (χ0) is 15.8. The summed E-state index contributed by atoms with van der Waals surface area (Å²) in [5.41, 5.74) is 2.67. The fraction of sp³-hybridized carbons (Fsp3) is 0.400. The summed E-state index contributed by atoms with van der Waals surface area (Å²) < 4.78 is 0. The summed E-state index contributed by atoms with van der Waals surface area (Å²) in [5.74, 6) is 0.657. The first-order chi connectivity index (χ1) is 10.8. The standard InChI is InChI=1S/C20H26ClN/c1-3-10-17(2)22(16-15-21)20(18-11-6-4-7-12-18)19-13-8-5-9-14-19/h4-9,11-14,17,20H,3,10,15-16H2,1-2H3. The van der Waals surface area contributed by atoms with Crippen LogP contribution in [-0.2, 0) is 0 Å². The van der Waals surface area contributed by atoms with Gasteiger partial charge in [0.15, 0.2) is 0 Å². The smallest absolute Gasteiger partial charge is 0.0604 e. The third-order valence-electron chi connectivity index (χ3n) is 4.18. The van der Waals surface area contributed by atoms with Crippen molar-refractivity contribution in [1.29, 1.82) is 0 Å². The highest BCUT2D eigenvalue weighted by atomic mass is 35.5. The molecule has 0 heterocycles. The molecular formula is C20H26ClN. The van der Waals surface area contributed by atoms with Gasteiger partial charge in [-0.3, -0.25) is 4.90 Å². The van der Waals surface area contributed by atoms with Gasteiger partial charge in [-0.05, 0) is 24.5 Å². The van der Waals surface area contributed by atoms with Crippen LogP contribution in [0.1, 0.15) is 43.9 Å². The number of benzene rings is 2. The molecule has 0 saturated carbocycles. The summed E-state index contributed by atoms with van der Waals surface area (Å²) in [6, 6.07) is 22.3. The van der Waals surface area contributed by atoms with Crippen molar-refractivity contribution < 1.29 is 0 Å². The van der Waals surface area contributed by atoms with E-state index in [1.54, 1.807) is 0 Å². The summed E-state index contributed by atoms with van der Waals surface area (Å²) in [4.78, 5) is 2.54. The lowest BCUT2D eigenvalue weighted by Gasteiger charge is -2.37. The van der Waals surface area contributed by atoms with Crippen LogP contribution < -0.4 is 0 Å². The average Bonchev–Trinajstić information content (AvgIpc) is 2.56. The average molecular weight is 316 g/mol. The molecule has 0 spiro atoms. The number of nitrogens with zero attached hydrogens (tertiary/aromatic N) is 1. The van der Waals surface area contributed by atoms with E-state index in [9.17, 15) is 0 Å². The quantitative estimate of drug-likeness (QED) is 0.581. The third-order valence-corrected chi connectivity index (χ3v) is 4.35. The van der Waals surface area contributed by atoms with Gasteiger partial charge in [0, 0.05) is 18.5 Å². The van der Waals surface area contributed by atoms with Crippen molar-refractivity contribution in [3.63, 3.8) is 0 Å². The highest BCUT2D eigenvalue weighted by Gasteiger charge is 2.25. The van der Waals surface area contributed by atoms with Gasteiger partial charge >= 0.3 is 0 Å². The lowest BCUT2D eigenvalue weighted by molar-refractivity contribution is 0.168. The van der Waals surface area contributed by atoms with Gasteiger partial charge in [0.2, 0.25) is 0 Å². The molecule has 0 N–H and O–H groups in total. The number of hydrogen-bond acceptors (Lipinski definition) is 1. The SMILES string of the molecule is CCCC(C)N(CCCl)C(c1ccccc1)c1ccccc1. The highest BCUT2D eigenvalue weighted by Crippen LogP contribution is 2.31. The van der Waals surface area contributed by atoms with Crippen LogP contribution in [0.3, 0.4) is 0 Å². The van der Waals surface area contributed by atoms with Gasteiger partial charge in [-0.15, -0.1) is 11.6 Å². The molecule has 1 unspecified atom stereocenters. The molecule has 2 heteroatoms. The van der Waals surface area contributed by atoms with E-state index in [2.05, 4.69) is 79.4 Å². The lowest BCUT2D eigenvalue weighted by Crippen LogP contribution is -2.38. The van der Waals surface area contributed by atoms with E-state index in [-0.39, 0.29) is 6.04 Å². The van der Waals surface area contributed by atoms with Crippen molar-refractivity contribution in [1.82, 2.24) is 4.90 Å². The molecule has 0 aromatic heterocycles. The topological polar surface area (TPSA) is 3.24 Å². The first-order valence-electron chi connectivity index (χ1n) is 8.19. The molecule has 0 fully saturated rings. The van der Waals surface area contributed by atoms with Crippen LogP contribution in [0, 0.1) is 0 Å². The second-order valence-corrected chi connectivity index (χ2v) is 6.17. The minimum atomic E-state index is 0.266. The van der Waals surface area contributed by atoms with E-state index in [0.717, 1.165) is 6.54 Å². The second kappa shape index (κ2) is 8.97. The second-order valence-electron chi connectivity index (χ2n) is 5.79. The Hall–Kier alpha value is -1.31. The molecule has 22 heavy (non-hydrogen) atoms. The van der Waals surface area contributed by atoms with Gasteiger partial charge in [-0.25, -0.2) is 0 Å². The zero-order valence-electron chi connectivity index (χ0n) is 13.6. The van der Waals surface area contributed by atoms with E-state index in [1.165, 1.54) is 24.0 Å². The Bertz CT molecular complexity index is 486. The highest BCUT2D eigenvalue weighted by molar-refractivity contribution is 6.18. The van der Waals surface area contributed by atoms with Crippen LogP contribution in [-0.4, -0.2) is 23.4 Å². The van der Waals surface area contributed by atoms with E-state index in [1.807, 2.05) is 0 Å². The predicted molar refractivity (Wildman–Crippen MR) is 96.5 cm³/mol. The van der Waals surface area contributed by atoms with E-state index in [0.29, 0.717) is 11.9 Å². The van der Waals surface area contributed by atoms with Gasteiger partial charge in [0.05, 0.1) is 6.04 Å².